The molecular formula is C23H26ClN3O2S. The van der Waals surface area contributed by atoms with Crippen molar-refractivity contribution in [2.24, 2.45) is 0 Å². The normalized spacial score (nSPS) is 14.3. The molecule has 30 heavy (non-hydrogen) atoms. The molecule has 1 fully saturated rings. The quantitative estimate of drug-likeness (QED) is 0.481. The van der Waals surface area contributed by atoms with E-state index in [1.54, 1.807) is 23.5 Å². The van der Waals surface area contributed by atoms with Gasteiger partial charge in [0.05, 0.1) is 16.8 Å². The number of halogens is 1. The highest BCUT2D eigenvalue weighted by Crippen LogP contribution is 2.30. The highest BCUT2D eigenvalue weighted by molar-refractivity contribution is 7.22. The molecule has 0 radical (unpaired) electrons. The third-order valence-electron chi connectivity index (χ3n) is 5.37. The molecule has 1 aliphatic rings. The summed E-state index contributed by atoms with van der Waals surface area (Å²) in [5.74, 6) is 0.980. The van der Waals surface area contributed by atoms with E-state index in [9.17, 15) is 4.79 Å². The standard InChI is InChI=1S/C23H26ClN3O2S/c1-2-17-5-10-20-21(16-17)30-23(25-20)27-13-11-26(12-14-27)22(28)4-3-15-29-19-8-6-18(24)7-9-19/h5-10,16H,2-4,11-15H2,1H3. The van der Waals surface area contributed by atoms with Crippen LogP contribution in [0.3, 0.4) is 0 Å². The van der Waals surface area contributed by atoms with Gasteiger partial charge in [0, 0.05) is 37.6 Å². The average molecular weight is 444 g/mol. The first kappa shape index (κ1) is 20.9. The molecule has 4 rings (SSSR count). The molecule has 0 N–H and O–H groups in total. The number of carbonyl (C=O) groups is 1. The van der Waals surface area contributed by atoms with Gasteiger partial charge in [-0.05, 0) is 54.8 Å². The van der Waals surface area contributed by atoms with Crippen molar-refractivity contribution in [2.75, 3.05) is 37.7 Å². The molecule has 0 spiro atoms. The summed E-state index contributed by atoms with van der Waals surface area (Å²) in [4.78, 5) is 21.6. The van der Waals surface area contributed by atoms with Crippen LogP contribution in [0.25, 0.3) is 10.2 Å². The van der Waals surface area contributed by atoms with E-state index in [0.717, 1.165) is 49.0 Å². The molecule has 1 aliphatic heterocycles. The van der Waals surface area contributed by atoms with Gasteiger partial charge in [0.15, 0.2) is 5.13 Å². The van der Waals surface area contributed by atoms with E-state index >= 15 is 0 Å². The van der Waals surface area contributed by atoms with E-state index in [-0.39, 0.29) is 5.91 Å². The average Bonchev–Trinajstić information content (AvgIpc) is 3.21. The fourth-order valence-electron chi connectivity index (χ4n) is 3.56. The van der Waals surface area contributed by atoms with Crippen molar-refractivity contribution < 1.29 is 9.53 Å². The Morgan fingerprint density at radius 3 is 2.63 bits per heavy atom. The van der Waals surface area contributed by atoms with Gasteiger partial charge in [-0.1, -0.05) is 35.9 Å². The third-order valence-corrected chi connectivity index (χ3v) is 6.70. The molecule has 0 bridgehead atoms. The van der Waals surface area contributed by atoms with Crippen LogP contribution < -0.4 is 9.64 Å². The number of aromatic nitrogens is 1. The largest absolute Gasteiger partial charge is 0.494 e. The van der Waals surface area contributed by atoms with Crippen molar-refractivity contribution in [3.05, 3.63) is 53.1 Å². The number of ether oxygens (including phenoxy) is 1. The van der Waals surface area contributed by atoms with E-state index in [1.807, 2.05) is 17.0 Å². The van der Waals surface area contributed by atoms with E-state index in [2.05, 4.69) is 30.0 Å². The fourth-order valence-corrected chi connectivity index (χ4v) is 4.77. The number of amides is 1. The zero-order valence-corrected chi connectivity index (χ0v) is 18.7. The van der Waals surface area contributed by atoms with Crippen LogP contribution in [0.2, 0.25) is 5.02 Å². The van der Waals surface area contributed by atoms with Gasteiger partial charge in [-0.3, -0.25) is 4.79 Å². The molecule has 7 heteroatoms. The molecule has 1 amide bonds. The molecule has 5 nitrogen and oxygen atoms in total. The van der Waals surface area contributed by atoms with E-state index < -0.39 is 0 Å². The first-order valence-corrected chi connectivity index (χ1v) is 11.6. The van der Waals surface area contributed by atoms with Gasteiger partial charge < -0.3 is 14.5 Å². The number of rotatable bonds is 7. The number of thiazole rings is 1. The molecule has 2 aromatic carbocycles. The Labute approximate surface area is 186 Å². The highest BCUT2D eigenvalue weighted by atomic mass is 35.5. The Morgan fingerprint density at radius 1 is 1.13 bits per heavy atom. The van der Waals surface area contributed by atoms with Crippen LogP contribution in [0.4, 0.5) is 5.13 Å². The monoisotopic (exact) mass is 443 g/mol. The second-order valence-corrected chi connectivity index (χ2v) is 8.87. The van der Waals surface area contributed by atoms with Gasteiger partial charge in [-0.15, -0.1) is 0 Å². The van der Waals surface area contributed by atoms with Crippen molar-refractivity contribution in [3.8, 4) is 5.75 Å². The maximum absolute atomic E-state index is 12.5. The molecule has 0 aliphatic carbocycles. The minimum atomic E-state index is 0.200. The SMILES string of the molecule is CCc1ccc2nc(N3CCN(C(=O)CCCOc4ccc(Cl)cc4)CC3)sc2c1. The van der Waals surface area contributed by atoms with Gasteiger partial charge in [0.1, 0.15) is 5.75 Å². The predicted molar refractivity (Wildman–Crippen MR) is 124 cm³/mol. The highest BCUT2D eigenvalue weighted by Gasteiger charge is 2.22. The topological polar surface area (TPSA) is 45.7 Å². The predicted octanol–water partition coefficient (Wildman–Crippen LogP) is 5.02. The Bertz CT molecular complexity index is 997. The smallest absolute Gasteiger partial charge is 0.222 e. The molecule has 0 atom stereocenters. The second-order valence-electron chi connectivity index (χ2n) is 7.43. The second kappa shape index (κ2) is 9.67. The zero-order valence-electron chi connectivity index (χ0n) is 17.1. The van der Waals surface area contributed by atoms with Crippen LogP contribution in [0.1, 0.15) is 25.3 Å². The lowest BCUT2D eigenvalue weighted by Gasteiger charge is -2.34. The maximum atomic E-state index is 12.5. The van der Waals surface area contributed by atoms with Crippen LogP contribution in [0.5, 0.6) is 5.75 Å². The summed E-state index contributed by atoms with van der Waals surface area (Å²) in [6, 6.07) is 13.8. The summed E-state index contributed by atoms with van der Waals surface area (Å²) in [5.41, 5.74) is 2.40. The van der Waals surface area contributed by atoms with Gasteiger partial charge >= 0.3 is 0 Å². The number of nitrogens with zero attached hydrogens (tertiary/aromatic N) is 3. The molecule has 0 unspecified atom stereocenters. The molecular weight excluding hydrogens is 418 g/mol. The number of anilines is 1. The number of aryl methyl sites for hydroxylation is 1. The van der Waals surface area contributed by atoms with Gasteiger partial charge in [-0.2, -0.15) is 0 Å². The molecule has 0 saturated carbocycles. The van der Waals surface area contributed by atoms with E-state index in [4.69, 9.17) is 21.3 Å². The van der Waals surface area contributed by atoms with Gasteiger partial charge in [-0.25, -0.2) is 4.98 Å². The van der Waals surface area contributed by atoms with Crippen molar-refractivity contribution in [2.45, 2.75) is 26.2 Å². The van der Waals surface area contributed by atoms with Crippen LogP contribution in [0.15, 0.2) is 42.5 Å². The van der Waals surface area contributed by atoms with Gasteiger partial charge in [0.2, 0.25) is 5.91 Å². The fraction of sp³-hybridized carbons (Fsp3) is 0.391. The van der Waals surface area contributed by atoms with Gasteiger partial charge in [0.25, 0.3) is 0 Å². The number of carbonyl (C=O) groups excluding carboxylic acids is 1. The Kier molecular flexibility index (Phi) is 6.75. The van der Waals surface area contributed by atoms with Crippen LogP contribution in [-0.4, -0.2) is 48.6 Å². The van der Waals surface area contributed by atoms with Crippen molar-refractivity contribution in [1.82, 2.24) is 9.88 Å². The summed E-state index contributed by atoms with van der Waals surface area (Å²) >= 11 is 7.62. The number of hydrogen-bond acceptors (Lipinski definition) is 5. The molecule has 1 aromatic heterocycles. The number of benzene rings is 2. The lowest BCUT2D eigenvalue weighted by molar-refractivity contribution is -0.131. The van der Waals surface area contributed by atoms with Crippen molar-refractivity contribution in [1.29, 1.82) is 0 Å². The lowest BCUT2D eigenvalue weighted by Crippen LogP contribution is -2.48. The zero-order chi connectivity index (χ0) is 20.9. The molecule has 158 valence electrons. The summed E-state index contributed by atoms with van der Waals surface area (Å²) in [6.07, 6.45) is 2.25. The third kappa shape index (κ3) is 5.05. The molecule has 2 heterocycles. The lowest BCUT2D eigenvalue weighted by atomic mass is 10.2. The Hall–Kier alpha value is -2.31. The number of hydrogen-bond donors (Lipinski definition) is 0. The summed E-state index contributed by atoms with van der Waals surface area (Å²) in [6.45, 7) is 5.84. The van der Waals surface area contributed by atoms with Crippen LogP contribution >= 0.6 is 22.9 Å². The molecule has 1 saturated heterocycles. The van der Waals surface area contributed by atoms with Crippen LogP contribution in [-0.2, 0) is 11.2 Å². The number of piperazine rings is 1. The summed E-state index contributed by atoms with van der Waals surface area (Å²) < 4.78 is 6.91. The van der Waals surface area contributed by atoms with Crippen LogP contribution in [0, 0.1) is 0 Å². The minimum absolute atomic E-state index is 0.200. The first-order valence-electron chi connectivity index (χ1n) is 10.4. The Balaban J connectivity index is 1.23. The Morgan fingerprint density at radius 2 is 1.90 bits per heavy atom. The van der Waals surface area contributed by atoms with E-state index in [1.165, 1.54) is 10.3 Å². The van der Waals surface area contributed by atoms with E-state index in [0.29, 0.717) is 24.5 Å². The summed E-state index contributed by atoms with van der Waals surface area (Å²) in [5, 5.41) is 1.75. The number of fused-ring (bicyclic) bond motifs is 1. The summed E-state index contributed by atoms with van der Waals surface area (Å²) in [7, 11) is 0. The molecule has 3 aromatic rings. The first-order chi connectivity index (χ1) is 14.6. The van der Waals surface area contributed by atoms with Crippen molar-refractivity contribution in [3.63, 3.8) is 0 Å². The maximum Gasteiger partial charge on any atom is 0.222 e. The van der Waals surface area contributed by atoms with Crippen molar-refractivity contribution >= 4 is 44.2 Å². The minimum Gasteiger partial charge on any atom is -0.494 e.